The van der Waals surface area contributed by atoms with Crippen molar-refractivity contribution in [3.8, 4) is 0 Å². The number of anilines is 1. The van der Waals surface area contributed by atoms with Gasteiger partial charge in [-0.2, -0.15) is 11.3 Å². The minimum absolute atomic E-state index is 0.0800. The molecule has 1 unspecified atom stereocenters. The van der Waals surface area contributed by atoms with Gasteiger partial charge in [-0.15, -0.1) is 0 Å². The third kappa shape index (κ3) is 3.58. The lowest BCUT2D eigenvalue weighted by atomic mass is 10.1. The molecule has 0 spiro atoms. The zero-order chi connectivity index (χ0) is 18.1. The molecule has 6 nitrogen and oxygen atoms in total. The number of aryl methyl sites for hydroxylation is 1. The largest absolute Gasteiger partial charge is 0.323 e. The molecule has 0 saturated carbocycles. The molecule has 3 aromatic rings. The molecule has 1 aliphatic rings. The number of pyridine rings is 1. The molecule has 8 heteroatoms. The molecule has 26 heavy (non-hydrogen) atoms. The number of aromatic nitrogens is 2. The van der Waals surface area contributed by atoms with Gasteiger partial charge in [-0.3, -0.25) is 10.2 Å². The second-order valence-corrected chi connectivity index (χ2v) is 8.30. The van der Waals surface area contributed by atoms with Crippen molar-refractivity contribution < 1.29 is 4.79 Å². The number of nitrogens with one attached hydrogen (secondary N) is 1. The van der Waals surface area contributed by atoms with E-state index < -0.39 is 0 Å². The summed E-state index contributed by atoms with van der Waals surface area (Å²) < 4.78 is 0. The highest BCUT2D eigenvalue weighted by atomic mass is 32.1. The third-order valence-electron chi connectivity index (χ3n) is 4.77. The molecule has 0 aromatic carbocycles. The smallest absolute Gasteiger partial charge is 0.322 e. The van der Waals surface area contributed by atoms with Crippen LogP contribution in [0.2, 0.25) is 0 Å². The number of fused-ring (bicyclic) bond motifs is 1. The summed E-state index contributed by atoms with van der Waals surface area (Å²) in [6.07, 6.45) is 1.82. The van der Waals surface area contributed by atoms with Gasteiger partial charge >= 0.3 is 6.03 Å². The molecule has 1 fully saturated rings. The molecule has 0 radical (unpaired) electrons. The van der Waals surface area contributed by atoms with Crippen LogP contribution in [0.5, 0.6) is 0 Å². The van der Waals surface area contributed by atoms with Crippen molar-refractivity contribution in [2.75, 3.05) is 31.5 Å². The number of rotatable bonds is 3. The second kappa shape index (κ2) is 7.30. The maximum atomic E-state index is 12.6. The van der Waals surface area contributed by atoms with E-state index in [1.54, 1.807) is 11.3 Å². The van der Waals surface area contributed by atoms with E-state index in [9.17, 15) is 4.79 Å². The quantitative estimate of drug-likeness (QED) is 0.739. The fourth-order valence-electron chi connectivity index (χ4n) is 3.18. The molecule has 1 N–H and O–H groups in total. The Morgan fingerprint density at radius 1 is 1.31 bits per heavy atom. The number of hydrogen-bond donors (Lipinski definition) is 1. The van der Waals surface area contributed by atoms with Crippen LogP contribution in [0.1, 0.15) is 24.1 Å². The van der Waals surface area contributed by atoms with E-state index >= 15 is 0 Å². The Kier molecular flexibility index (Phi) is 4.88. The van der Waals surface area contributed by atoms with E-state index in [0.29, 0.717) is 11.2 Å². The van der Waals surface area contributed by atoms with Crippen molar-refractivity contribution in [3.05, 3.63) is 40.2 Å². The van der Waals surface area contributed by atoms with Crippen LogP contribution in [0.25, 0.3) is 10.3 Å². The Bertz CT molecular complexity index is 900. The number of nitrogens with zero attached hydrogens (tertiary/aromatic N) is 4. The van der Waals surface area contributed by atoms with Gasteiger partial charge in [0, 0.05) is 38.4 Å². The van der Waals surface area contributed by atoms with Crippen molar-refractivity contribution in [2.24, 2.45) is 0 Å². The fourth-order valence-corrected chi connectivity index (χ4v) is 4.71. The fraction of sp³-hybridized carbons (Fsp3) is 0.389. The SMILES string of the molecule is Cc1cnc2sc(NC(=O)N3CCN(C(C)c4ccsc4)CC3)nc2c1. The van der Waals surface area contributed by atoms with Crippen LogP contribution in [-0.2, 0) is 0 Å². The zero-order valence-corrected chi connectivity index (χ0v) is 16.4. The summed E-state index contributed by atoms with van der Waals surface area (Å²) in [4.78, 5) is 26.5. The highest BCUT2D eigenvalue weighted by Gasteiger charge is 2.25. The number of carbonyl (C=O) groups excluding carboxylic acids is 1. The molecule has 4 heterocycles. The first kappa shape index (κ1) is 17.4. The molecular formula is C18H21N5OS2. The molecule has 4 rings (SSSR count). The predicted octanol–water partition coefficient (Wildman–Crippen LogP) is 3.97. The lowest BCUT2D eigenvalue weighted by Crippen LogP contribution is -2.50. The molecule has 0 bridgehead atoms. The highest BCUT2D eigenvalue weighted by Crippen LogP contribution is 2.26. The van der Waals surface area contributed by atoms with Gasteiger partial charge in [-0.1, -0.05) is 11.3 Å². The summed E-state index contributed by atoms with van der Waals surface area (Å²) in [5, 5.41) is 7.85. The number of thiophene rings is 1. The van der Waals surface area contributed by atoms with Crippen molar-refractivity contribution in [2.45, 2.75) is 19.9 Å². The number of urea groups is 1. The minimum atomic E-state index is -0.0800. The summed E-state index contributed by atoms with van der Waals surface area (Å²) in [7, 11) is 0. The van der Waals surface area contributed by atoms with Gasteiger partial charge in [-0.05, 0) is 47.9 Å². The molecule has 3 aromatic heterocycles. The van der Waals surface area contributed by atoms with Crippen LogP contribution < -0.4 is 5.32 Å². The Morgan fingerprint density at radius 3 is 2.85 bits per heavy atom. The number of amides is 2. The highest BCUT2D eigenvalue weighted by molar-refractivity contribution is 7.21. The molecule has 1 saturated heterocycles. The van der Waals surface area contributed by atoms with Gasteiger partial charge in [0.2, 0.25) is 0 Å². The van der Waals surface area contributed by atoms with Crippen molar-refractivity contribution in [1.29, 1.82) is 0 Å². The standard InChI is InChI=1S/C18H21N5OS2/c1-12-9-15-16(19-10-12)26-17(20-15)21-18(24)23-6-4-22(5-7-23)13(2)14-3-8-25-11-14/h3,8-11,13H,4-7H2,1-2H3,(H,20,21,24). The van der Waals surface area contributed by atoms with Gasteiger partial charge in [0.15, 0.2) is 5.13 Å². The number of thiazole rings is 1. The first-order valence-corrected chi connectivity index (χ1v) is 10.4. The van der Waals surface area contributed by atoms with E-state index in [4.69, 9.17) is 0 Å². The van der Waals surface area contributed by atoms with Crippen LogP contribution in [0.15, 0.2) is 29.1 Å². The van der Waals surface area contributed by atoms with Crippen LogP contribution in [0.4, 0.5) is 9.93 Å². The van der Waals surface area contributed by atoms with Crippen LogP contribution in [0, 0.1) is 6.92 Å². The topological polar surface area (TPSA) is 61.4 Å². The number of hydrogen-bond acceptors (Lipinski definition) is 6. The Morgan fingerprint density at radius 2 is 2.12 bits per heavy atom. The maximum Gasteiger partial charge on any atom is 0.323 e. The van der Waals surface area contributed by atoms with E-state index in [1.807, 2.05) is 24.1 Å². The summed E-state index contributed by atoms with van der Waals surface area (Å²) in [6.45, 7) is 7.43. The number of carbonyl (C=O) groups is 1. The maximum absolute atomic E-state index is 12.6. The van der Waals surface area contributed by atoms with Gasteiger partial charge in [0.1, 0.15) is 10.3 Å². The van der Waals surface area contributed by atoms with Crippen LogP contribution in [-0.4, -0.2) is 52.0 Å². The molecule has 136 valence electrons. The summed E-state index contributed by atoms with van der Waals surface area (Å²) in [6, 6.07) is 4.48. The van der Waals surface area contributed by atoms with Crippen LogP contribution in [0.3, 0.4) is 0 Å². The predicted molar refractivity (Wildman–Crippen MR) is 107 cm³/mol. The van der Waals surface area contributed by atoms with Gasteiger partial charge in [0.05, 0.1) is 0 Å². The molecule has 1 aliphatic heterocycles. The Labute approximate surface area is 160 Å². The van der Waals surface area contributed by atoms with Crippen molar-refractivity contribution in [3.63, 3.8) is 0 Å². The van der Waals surface area contributed by atoms with Gasteiger partial charge < -0.3 is 4.90 Å². The first-order chi connectivity index (χ1) is 12.6. The molecular weight excluding hydrogens is 366 g/mol. The van der Waals surface area contributed by atoms with E-state index in [2.05, 4.69) is 43.9 Å². The lowest BCUT2D eigenvalue weighted by molar-refractivity contribution is 0.119. The van der Waals surface area contributed by atoms with Gasteiger partial charge in [-0.25, -0.2) is 14.8 Å². The summed E-state index contributed by atoms with van der Waals surface area (Å²) in [5.74, 6) is 0. The van der Waals surface area contributed by atoms with Crippen molar-refractivity contribution in [1.82, 2.24) is 19.8 Å². The van der Waals surface area contributed by atoms with E-state index in [0.717, 1.165) is 42.1 Å². The van der Waals surface area contributed by atoms with Gasteiger partial charge in [0.25, 0.3) is 0 Å². The Balaban J connectivity index is 1.35. The second-order valence-electron chi connectivity index (χ2n) is 6.54. The Hall–Kier alpha value is -2.03. The summed E-state index contributed by atoms with van der Waals surface area (Å²) in [5.41, 5.74) is 3.25. The minimum Gasteiger partial charge on any atom is -0.322 e. The first-order valence-electron chi connectivity index (χ1n) is 8.65. The van der Waals surface area contributed by atoms with Crippen molar-refractivity contribution >= 4 is 44.2 Å². The van der Waals surface area contributed by atoms with Crippen LogP contribution >= 0.6 is 22.7 Å². The summed E-state index contributed by atoms with van der Waals surface area (Å²) >= 11 is 3.14. The van der Waals surface area contributed by atoms with E-state index in [-0.39, 0.29) is 6.03 Å². The average molecular weight is 388 g/mol. The molecule has 0 aliphatic carbocycles. The average Bonchev–Trinajstić information content (AvgIpc) is 3.30. The van der Waals surface area contributed by atoms with E-state index in [1.165, 1.54) is 16.9 Å². The number of piperazine rings is 1. The third-order valence-corrected chi connectivity index (χ3v) is 6.37. The molecule has 2 amide bonds. The zero-order valence-electron chi connectivity index (χ0n) is 14.8. The lowest BCUT2D eigenvalue weighted by Gasteiger charge is -2.37. The monoisotopic (exact) mass is 387 g/mol. The molecule has 1 atom stereocenters. The normalized spacial score (nSPS) is 16.8.